The van der Waals surface area contributed by atoms with Crippen molar-refractivity contribution in [3.63, 3.8) is 0 Å². The van der Waals surface area contributed by atoms with Crippen LogP contribution in [0.25, 0.3) is 0 Å². The molecule has 1 atom stereocenters. The summed E-state index contributed by atoms with van der Waals surface area (Å²) in [4.78, 5) is 4.10. The predicted molar refractivity (Wildman–Crippen MR) is 53.2 cm³/mol. The molecule has 80 valence electrons. The Morgan fingerprint density at radius 1 is 1.60 bits per heavy atom. The van der Waals surface area contributed by atoms with E-state index in [4.69, 9.17) is 4.52 Å². The third kappa shape index (κ3) is 2.24. The molecule has 2 aromatic heterocycles. The topological polar surface area (TPSA) is 64.1 Å². The van der Waals surface area contributed by atoms with E-state index in [1.54, 1.807) is 13.8 Å². The zero-order chi connectivity index (χ0) is 10.8. The van der Waals surface area contributed by atoms with E-state index in [0.717, 1.165) is 5.56 Å². The fourth-order valence-electron chi connectivity index (χ4n) is 1.37. The molecule has 0 fully saturated rings. The molecule has 0 spiro atoms. The van der Waals surface area contributed by atoms with Crippen LogP contribution in [0.4, 0.5) is 0 Å². The highest BCUT2D eigenvalue weighted by atomic mass is 16.5. The van der Waals surface area contributed by atoms with Gasteiger partial charge in [-0.05, 0) is 18.6 Å². The average molecular weight is 207 g/mol. The van der Waals surface area contributed by atoms with Gasteiger partial charge in [0.2, 0.25) is 5.89 Å². The van der Waals surface area contributed by atoms with Crippen molar-refractivity contribution < 1.29 is 9.63 Å². The second-order valence-electron chi connectivity index (χ2n) is 3.52. The van der Waals surface area contributed by atoms with Gasteiger partial charge in [-0.2, -0.15) is 4.98 Å². The number of aromatic nitrogens is 3. The number of hydrogen-bond donors (Lipinski definition) is 1. The lowest BCUT2D eigenvalue weighted by Crippen LogP contribution is -1.98. The summed E-state index contributed by atoms with van der Waals surface area (Å²) in [6.07, 6.45) is 3.31. The molecule has 0 bridgehead atoms. The highest BCUT2D eigenvalue weighted by molar-refractivity contribution is 5.13. The first-order valence-electron chi connectivity index (χ1n) is 4.78. The van der Waals surface area contributed by atoms with E-state index in [2.05, 4.69) is 10.1 Å². The summed E-state index contributed by atoms with van der Waals surface area (Å²) in [7, 11) is 0. The molecule has 1 N–H and O–H groups in total. The smallest absolute Gasteiger partial charge is 0.223 e. The van der Waals surface area contributed by atoms with Crippen LogP contribution in [0, 0.1) is 6.92 Å². The molecule has 5 heteroatoms. The molecule has 0 aromatic carbocycles. The van der Waals surface area contributed by atoms with Gasteiger partial charge in [-0.25, -0.2) is 0 Å². The van der Waals surface area contributed by atoms with Crippen LogP contribution in [0.3, 0.4) is 0 Å². The van der Waals surface area contributed by atoms with Gasteiger partial charge in [0.25, 0.3) is 0 Å². The van der Waals surface area contributed by atoms with Crippen LogP contribution in [-0.4, -0.2) is 19.8 Å². The Labute approximate surface area is 87.3 Å². The van der Waals surface area contributed by atoms with Crippen molar-refractivity contribution in [3.8, 4) is 0 Å². The third-order valence-electron chi connectivity index (χ3n) is 2.15. The van der Waals surface area contributed by atoms with Crippen LogP contribution >= 0.6 is 0 Å². The van der Waals surface area contributed by atoms with E-state index in [0.29, 0.717) is 18.3 Å². The van der Waals surface area contributed by atoms with Crippen molar-refractivity contribution in [2.75, 3.05) is 0 Å². The first kappa shape index (κ1) is 9.92. The van der Waals surface area contributed by atoms with Crippen molar-refractivity contribution in [1.29, 1.82) is 0 Å². The van der Waals surface area contributed by atoms with Crippen LogP contribution in [0.2, 0.25) is 0 Å². The lowest BCUT2D eigenvalue weighted by Gasteiger charge is -1.99. The molecular weight excluding hydrogens is 194 g/mol. The van der Waals surface area contributed by atoms with Gasteiger partial charge in [0.1, 0.15) is 0 Å². The van der Waals surface area contributed by atoms with E-state index >= 15 is 0 Å². The summed E-state index contributed by atoms with van der Waals surface area (Å²) >= 11 is 0. The largest absolute Gasteiger partial charge is 0.389 e. The summed E-state index contributed by atoms with van der Waals surface area (Å²) in [5.41, 5.74) is 0.884. The van der Waals surface area contributed by atoms with Crippen molar-refractivity contribution in [2.45, 2.75) is 26.5 Å². The molecule has 2 rings (SSSR count). The molecular formula is C10H13N3O2. The molecule has 5 nitrogen and oxygen atoms in total. The number of aliphatic hydroxyl groups excluding tert-OH is 1. The molecule has 0 saturated carbocycles. The van der Waals surface area contributed by atoms with Crippen LogP contribution in [0.1, 0.15) is 30.3 Å². The van der Waals surface area contributed by atoms with E-state index in [-0.39, 0.29) is 0 Å². The van der Waals surface area contributed by atoms with E-state index in [9.17, 15) is 5.11 Å². The lowest BCUT2D eigenvalue weighted by atomic mass is 10.2. The number of nitrogens with zero attached hydrogens (tertiary/aromatic N) is 3. The molecule has 2 aromatic rings. The predicted octanol–water partition coefficient (Wildman–Crippen LogP) is 1.28. The number of rotatable bonds is 3. The summed E-state index contributed by atoms with van der Waals surface area (Å²) < 4.78 is 6.78. The minimum atomic E-state index is -0.446. The van der Waals surface area contributed by atoms with Gasteiger partial charge in [0.05, 0.1) is 12.6 Å². The zero-order valence-electron chi connectivity index (χ0n) is 8.71. The van der Waals surface area contributed by atoms with Gasteiger partial charge >= 0.3 is 0 Å². The minimum absolute atomic E-state index is 0.446. The fraction of sp³-hybridized carbons (Fsp3) is 0.400. The zero-order valence-corrected chi connectivity index (χ0v) is 8.71. The molecule has 0 aliphatic heterocycles. The Balaban J connectivity index is 2.11. The fourth-order valence-corrected chi connectivity index (χ4v) is 1.37. The Morgan fingerprint density at radius 3 is 2.93 bits per heavy atom. The molecule has 0 aliphatic carbocycles. The Hall–Kier alpha value is -1.62. The minimum Gasteiger partial charge on any atom is -0.389 e. The SMILES string of the molecule is Cc1nc(Cn2ccc(C(C)O)c2)no1. The standard InChI is InChI=1S/C10H13N3O2/c1-7(14)9-3-4-13(5-9)6-10-11-8(2)15-12-10/h3-5,7,14H,6H2,1-2H3. The third-order valence-corrected chi connectivity index (χ3v) is 2.15. The molecule has 15 heavy (non-hydrogen) atoms. The second-order valence-corrected chi connectivity index (χ2v) is 3.52. The molecule has 0 saturated heterocycles. The van der Waals surface area contributed by atoms with Crippen molar-refractivity contribution in [3.05, 3.63) is 35.7 Å². The second kappa shape index (κ2) is 3.86. The van der Waals surface area contributed by atoms with Crippen molar-refractivity contribution in [2.24, 2.45) is 0 Å². The normalized spacial score (nSPS) is 13.0. The maximum Gasteiger partial charge on any atom is 0.223 e. The average Bonchev–Trinajstić information content (AvgIpc) is 2.76. The van der Waals surface area contributed by atoms with Crippen molar-refractivity contribution >= 4 is 0 Å². The Kier molecular flexibility index (Phi) is 2.55. The van der Waals surface area contributed by atoms with E-state index in [1.807, 2.05) is 23.0 Å². The van der Waals surface area contributed by atoms with E-state index < -0.39 is 6.10 Å². The van der Waals surface area contributed by atoms with Crippen LogP contribution in [0.5, 0.6) is 0 Å². The molecule has 1 unspecified atom stereocenters. The highest BCUT2D eigenvalue weighted by Gasteiger charge is 2.06. The van der Waals surface area contributed by atoms with Crippen LogP contribution in [-0.2, 0) is 6.54 Å². The summed E-state index contributed by atoms with van der Waals surface area (Å²) in [6.45, 7) is 4.05. The quantitative estimate of drug-likeness (QED) is 0.823. The van der Waals surface area contributed by atoms with E-state index in [1.165, 1.54) is 0 Å². The van der Waals surface area contributed by atoms with Gasteiger partial charge in [0.15, 0.2) is 5.82 Å². The number of aliphatic hydroxyl groups is 1. The molecule has 0 aliphatic rings. The summed E-state index contributed by atoms with van der Waals surface area (Å²) in [5.74, 6) is 1.20. The first-order chi connectivity index (χ1) is 7.15. The maximum absolute atomic E-state index is 9.34. The maximum atomic E-state index is 9.34. The molecule has 0 amide bonds. The van der Waals surface area contributed by atoms with Crippen LogP contribution < -0.4 is 0 Å². The number of hydrogen-bond acceptors (Lipinski definition) is 4. The molecule has 2 heterocycles. The summed E-state index contributed by atoms with van der Waals surface area (Å²) in [5, 5.41) is 13.1. The summed E-state index contributed by atoms with van der Waals surface area (Å²) in [6, 6.07) is 1.87. The van der Waals surface area contributed by atoms with Gasteiger partial charge in [-0.3, -0.25) is 0 Å². The number of aryl methyl sites for hydroxylation is 1. The monoisotopic (exact) mass is 207 g/mol. The van der Waals surface area contributed by atoms with Gasteiger partial charge in [-0.15, -0.1) is 0 Å². The van der Waals surface area contributed by atoms with Crippen molar-refractivity contribution in [1.82, 2.24) is 14.7 Å². The Morgan fingerprint density at radius 2 is 2.40 bits per heavy atom. The Bertz CT molecular complexity index is 445. The highest BCUT2D eigenvalue weighted by Crippen LogP contribution is 2.12. The molecule has 0 radical (unpaired) electrons. The van der Waals surface area contributed by atoms with Gasteiger partial charge in [-0.1, -0.05) is 5.16 Å². The van der Waals surface area contributed by atoms with Crippen LogP contribution in [0.15, 0.2) is 23.0 Å². The lowest BCUT2D eigenvalue weighted by molar-refractivity contribution is 0.199. The van der Waals surface area contributed by atoms with Gasteiger partial charge < -0.3 is 14.2 Å². The first-order valence-corrected chi connectivity index (χ1v) is 4.78. The van der Waals surface area contributed by atoms with Gasteiger partial charge in [0, 0.05) is 19.3 Å².